The van der Waals surface area contributed by atoms with Crippen molar-refractivity contribution in [1.29, 1.82) is 0 Å². The number of nitrogens with one attached hydrogen (secondary N) is 3. The number of carbonyl (C=O) groups is 2. The largest absolute Gasteiger partial charge is 0.492 e. The van der Waals surface area contributed by atoms with E-state index in [0.29, 0.717) is 23.6 Å². The zero-order valence-electron chi connectivity index (χ0n) is 14.9. The predicted molar refractivity (Wildman–Crippen MR) is 97.5 cm³/mol. The van der Waals surface area contributed by atoms with Gasteiger partial charge in [0.1, 0.15) is 18.1 Å². The van der Waals surface area contributed by atoms with Crippen LogP contribution in [0.3, 0.4) is 0 Å². The molecule has 8 nitrogen and oxygen atoms in total. The summed E-state index contributed by atoms with van der Waals surface area (Å²) < 4.78 is 5.61. The van der Waals surface area contributed by atoms with Crippen LogP contribution in [-0.4, -0.2) is 60.2 Å². The van der Waals surface area contributed by atoms with E-state index in [4.69, 9.17) is 4.74 Å². The van der Waals surface area contributed by atoms with Crippen LogP contribution in [0.15, 0.2) is 30.5 Å². The number of hydrogen-bond acceptors (Lipinski definition) is 5. The Morgan fingerprint density at radius 1 is 1.23 bits per heavy atom. The summed E-state index contributed by atoms with van der Waals surface area (Å²) in [5, 5.41) is 12.1. The fourth-order valence-corrected chi connectivity index (χ4v) is 2.28. The van der Waals surface area contributed by atoms with Crippen molar-refractivity contribution in [2.45, 2.75) is 18.9 Å². The Hall–Kier alpha value is -2.87. The first kappa shape index (κ1) is 17.9. The number of aromatic amines is 1. The van der Waals surface area contributed by atoms with Gasteiger partial charge in [0, 0.05) is 18.2 Å². The summed E-state index contributed by atoms with van der Waals surface area (Å²) in [6.45, 7) is 1.39. The number of nitrogens with zero attached hydrogens (tertiary/aromatic N) is 2. The molecule has 0 bridgehead atoms. The SMILES string of the molecule is CN(C)CCOc1ccc(C(=O)Nc2cn[nH]c2C(=O)NC2CC2)cc1. The molecule has 2 aromatic rings. The molecule has 0 saturated heterocycles. The van der Waals surface area contributed by atoms with E-state index < -0.39 is 0 Å². The normalized spacial score (nSPS) is 13.5. The third kappa shape index (κ3) is 4.82. The second-order valence-electron chi connectivity index (χ2n) is 6.54. The van der Waals surface area contributed by atoms with Crippen molar-refractivity contribution < 1.29 is 14.3 Å². The van der Waals surface area contributed by atoms with Gasteiger partial charge in [0.2, 0.25) is 0 Å². The molecule has 0 spiro atoms. The van der Waals surface area contributed by atoms with Crippen molar-refractivity contribution in [3.63, 3.8) is 0 Å². The van der Waals surface area contributed by atoms with Crippen LogP contribution in [0.5, 0.6) is 5.75 Å². The van der Waals surface area contributed by atoms with Gasteiger partial charge in [-0.3, -0.25) is 14.7 Å². The van der Waals surface area contributed by atoms with E-state index in [9.17, 15) is 9.59 Å². The molecule has 1 saturated carbocycles. The highest BCUT2D eigenvalue weighted by Crippen LogP contribution is 2.21. The summed E-state index contributed by atoms with van der Waals surface area (Å²) in [6, 6.07) is 7.10. The van der Waals surface area contributed by atoms with Crippen LogP contribution in [0.2, 0.25) is 0 Å². The minimum Gasteiger partial charge on any atom is -0.492 e. The van der Waals surface area contributed by atoms with Crippen molar-refractivity contribution >= 4 is 17.5 Å². The summed E-state index contributed by atoms with van der Waals surface area (Å²) >= 11 is 0. The molecule has 3 N–H and O–H groups in total. The first-order chi connectivity index (χ1) is 12.5. The van der Waals surface area contributed by atoms with Crippen molar-refractivity contribution in [1.82, 2.24) is 20.4 Å². The maximum atomic E-state index is 12.4. The highest BCUT2D eigenvalue weighted by Gasteiger charge is 2.26. The van der Waals surface area contributed by atoms with E-state index in [1.807, 2.05) is 19.0 Å². The van der Waals surface area contributed by atoms with Crippen molar-refractivity contribution in [2.75, 3.05) is 32.6 Å². The molecule has 1 aromatic carbocycles. The van der Waals surface area contributed by atoms with Crippen LogP contribution < -0.4 is 15.4 Å². The van der Waals surface area contributed by atoms with Crippen LogP contribution in [0.4, 0.5) is 5.69 Å². The van der Waals surface area contributed by atoms with Crippen LogP contribution in [0.25, 0.3) is 0 Å². The lowest BCUT2D eigenvalue weighted by molar-refractivity contribution is 0.0947. The van der Waals surface area contributed by atoms with Gasteiger partial charge in [0.25, 0.3) is 11.8 Å². The van der Waals surface area contributed by atoms with E-state index in [2.05, 4.69) is 20.8 Å². The van der Waals surface area contributed by atoms with Gasteiger partial charge < -0.3 is 20.3 Å². The van der Waals surface area contributed by atoms with E-state index >= 15 is 0 Å². The minimum atomic E-state index is -0.313. The lowest BCUT2D eigenvalue weighted by Gasteiger charge is -2.11. The van der Waals surface area contributed by atoms with Gasteiger partial charge in [-0.25, -0.2) is 0 Å². The average molecular weight is 357 g/mol. The lowest BCUT2D eigenvalue weighted by atomic mass is 10.2. The first-order valence-corrected chi connectivity index (χ1v) is 8.56. The predicted octanol–water partition coefficient (Wildman–Crippen LogP) is 1.49. The average Bonchev–Trinajstić information content (AvgIpc) is 3.30. The summed E-state index contributed by atoms with van der Waals surface area (Å²) in [4.78, 5) is 26.6. The molecule has 1 fully saturated rings. The first-order valence-electron chi connectivity index (χ1n) is 8.56. The molecule has 0 unspecified atom stereocenters. The Balaban J connectivity index is 1.58. The van der Waals surface area contributed by atoms with Gasteiger partial charge in [0.15, 0.2) is 0 Å². The number of anilines is 1. The van der Waals surface area contributed by atoms with Crippen molar-refractivity contribution in [2.24, 2.45) is 0 Å². The number of hydrogen-bond donors (Lipinski definition) is 3. The Morgan fingerprint density at radius 2 is 1.96 bits per heavy atom. The number of rotatable bonds is 8. The molecule has 0 aliphatic heterocycles. The van der Waals surface area contributed by atoms with E-state index in [1.54, 1.807) is 24.3 Å². The molecule has 0 radical (unpaired) electrons. The highest BCUT2D eigenvalue weighted by atomic mass is 16.5. The highest BCUT2D eigenvalue weighted by molar-refractivity contribution is 6.08. The molecule has 8 heteroatoms. The smallest absolute Gasteiger partial charge is 0.271 e. The molecule has 1 aliphatic rings. The third-order valence-corrected chi connectivity index (χ3v) is 3.95. The summed E-state index contributed by atoms with van der Waals surface area (Å²) in [6.07, 6.45) is 3.41. The Bertz CT molecular complexity index is 765. The number of aromatic nitrogens is 2. The van der Waals surface area contributed by atoms with Gasteiger partial charge in [0.05, 0.1) is 11.9 Å². The summed E-state index contributed by atoms with van der Waals surface area (Å²) in [7, 11) is 3.96. The minimum absolute atomic E-state index is 0.231. The molecule has 2 amide bonds. The van der Waals surface area contributed by atoms with E-state index in [0.717, 1.165) is 19.4 Å². The number of carbonyl (C=O) groups excluding carboxylic acids is 2. The molecule has 26 heavy (non-hydrogen) atoms. The van der Waals surface area contributed by atoms with Crippen molar-refractivity contribution in [3.05, 3.63) is 41.7 Å². The maximum absolute atomic E-state index is 12.4. The zero-order chi connectivity index (χ0) is 18.5. The molecular formula is C18H23N5O3. The molecule has 1 aliphatic carbocycles. The van der Waals surface area contributed by atoms with E-state index in [1.165, 1.54) is 6.20 Å². The van der Waals surface area contributed by atoms with Gasteiger partial charge in [-0.2, -0.15) is 5.10 Å². The fourth-order valence-electron chi connectivity index (χ4n) is 2.28. The van der Waals surface area contributed by atoms with Gasteiger partial charge in [-0.05, 0) is 51.2 Å². The Labute approximate surface area is 151 Å². The second kappa shape index (κ2) is 8.01. The number of ether oxygens (including phenoxy) is 1. The van der Waals surface area contributed by atoms with Crippen LogP contribution in [-0.2, 0) is 0 Å². The standard InChI is InChI=1S/C18H23N5O3/c1-23(2)9-10-26-14-7-3-12(4-8-14)17(24)21-15-11-19-22-16(15)18(25)20-13-5-6-13/h3-4,7-8,11,13H,5-6,9-10H2,1-2H3,(H,19,22)(H,20,25)(H,21,24). The quantitative estimate of drug-likeness (QED) is 0.665. The number of likely N-dealkylation sites (N-methyl/N-ethyl adjacent to an activating group) is 1. The number of H-pyrrole nitrogens is 1. The molecule has 0 atom stereocenters. The van der Waals surface area contributed by atoms with Gasteiger partial charge in [-0.15, -0.1) is 0 Å². The summed E-state index contributed by atoms with van der Waals surface area (Å²) in [5.41, 5.74) is 1.09. The van der Waals surface area contributed by atoms with Crippen LogP contribution in [0.1, 0.15) is 33.7 Å². The van der Waals surface area contributed by atoms with Gasteiger partial charge >= 0.3 is 0 Å². The maximum Gasteiger partial charge on any atom is 0.271 e. The molecular weight excluding hydrogens is 334 g/mol. The number of amides is 2. The Morgan fingerprint density at radius 3 is 2.62 bits per heavy atom. The second-order valence-corrected chi connectivity index (χ2v) is 6.54. The molecule has 138 valence electrons. The van der Waals surface area contributed by atoms with Gasteiger partial charge in [-0.1, -0.05) is 0 Å². The molecule has 1 aromatic heterocycles. The van der Waals surface area contributed by atoms with Crippen LogP contribution >= 0.6 is 0 Å². The zero-order valence-corrected chi connectivity index (χ0v) is 14.9. The monoisotopic (exact) mass is 357 g/mol. The fraction of sp³-hybridized carbons (Fsp3) is 0.389. The lowest BCUT2D eigenvalue weighted by Crippen LogP contribution is -2.27. The Kier molecular flexibility index (Phi) is 5.52. The topological polar surface area (TPSA) is 99.3 Å². The summed E-state index contributed by atoms with van der Waals surface area (Å²) in [5.74, 6) is 0.132. The van der Waals surface area contributed by atoms with E-state index in [-0.39, 0.29) is 23.6 Å². The van der Waals surface area contributed by atoms with Crippen LogP contribution in [0, 0.1) is 0 Å². The number of benzene rings is 1. The molecule has 3 rings (SSSR count). The third-order valence-electron chi connectivity index (χ3n) is 3.95. The van der Waals surface area contributed by atoms with Crippen molar-refractivity contribution in [3.8, 4) is 5.75 Å². The molecule has 1 heterocycles.